The number of hydrogen-bond donors (Lipinski definition) is 2. The molecule has 0 amide bonds. The van der Waals surface area contributed by atoms with Crippen LogP contribution in [0.25, 0.3) is 0 Å². The van der Waals surface area contributed by atoms with Crippen molar-refractivity contribution in [2.45, 2.75) is 52.4 Å². The van der Waals surface area contributed by atoms with Gasteiger partial charge in [0.2, 0.25) is 0 Å². The second-order valence-corrected chi connectivity index (χ2v) is 6.94. The molecule has 3 aliphatic rings. The van der Waals surface area contributed by atoms with E-state index < -0.39 is 0 Å². The van der Waals surface area contributed by atoms with Gasteiger partial charge in [-0.25, -0.2) is 0 Å². The van der Waals surface area contributed by atoms with Gasteiger partial charge >= 0.3 is 0 Å². The third kappa shape index (κ3) is 2.98. The number of allylic oxidation sites excluding steroid dienone is 3. The maximum Gasteiger partial charge on any atom is 0.0349 e. The minimum absolute atomic E-state index is 0.774. The van der Waals surface area contributed by atoms with Gasteiger partial charge in [-0.3, -0.25) is 0 Å². The second-order valence-electron chi connectivity index (χ2n) is 6.94. The standard InChI is InChI=1S/C17H28N2/c1-12-3-5-14-7-8-15-6-4-13(2)11-19-17(15)9-16(14)18-10-12/h9,12-14,18-19H,3-8,10-11H2,1-2H3. The molecule has 1 aliphatic carbocycles. The van der Waals surface area contributed by atoms with E-state index in [4.69, 9.17) is 0 Å². The third-order valence-corrected chi connectivity index (χ3v) is 5.16. The molecule has 0 spiro atoms. The van der Waals surface area contributed by atoms with Gasteiger partial charge in [0.25, 0.3) is 0 Å². The van der Waals surface area contributed by atoms with Crippen molar-refractivity contribution in [2.24, 2.45) is 17.8 Å². The normalized spacial score (nSPS) is 35.7. The Labute approximate surface area is 117 Å². The summed E-state index contributed by atoms with van der Waals surface area (Å²) in [5.74, 6) is 2.41. The fourth-order valence-electron chi connectivity index (χ4n) is 3.63. The number of rotatable bonds is 0. The quantitative estimate of drug-likeness (QED) is 0.696. The first-order valence-corrected chi connectivity index (χ1v) is 8.13. The van der Waals surface area contributed by atoms with Crippen LogP contribution in [0.5, 0.6) is 0 Å². The molecular weight excluding hydrogens is 232 g/mol. The van der Waals surface area contributed by atoms with Crippen LogP contribution >= 0.6 is 0 Å². The smallest absolute Gasteiger partial charge is 0.0349 e. The van der Waals surface area contributed by atoms with E-state index in [0.29, 0.717) is 0 Å². The minimum Gasteiger partial charge on any atom is -0.388 e. The molecule has 0 radical (unpaired) electrons. The van der Waals surface area contributed by atoms with Crippen LogP contribution in [0.15, 0.2) is 23.0 Å². The van der Waals surface area contributed by atoms with E-state index in [-0.39, 0.29) is 0 Å². The van der Waals surface area contributed by atoms with Crippen LogP contribution < -0.4 is 10.6 Å². The summed E-state index contributed by atoms with van der Waals surface area (Å²) in [7, 11) is 0. The van der Waals surface area contributed by atoms with Crippen LogP contribution in [0.2, 0.25) is 0 Å². The molecule has 2 heteroatoms. The summed E-state index contributed by atoms with van der Waals surface area (Å²) in [6.07, 6.45) is 10.5. The third-order valence-electron chi connectivity index (χ3n) is 5.16. The summed E-state index contributed by atoms with van der Waals surface area (Å²) in [5.41, 5.74) is 4.64. The molecule has 2 N–H and O–H groups in total. The number of hydrogen-bond acceptors (Lipinski definition) is 2. The monoisotopic (exact) mass is 260 g/mol. The van der Waals surface area contributed by atoms with Crippen molar-refractivity contribution in [2.75, 3.05) is 13.1 Å². The highest BCUT2D eigenvalue weighted by molar-refractivity contribution is 5.32. The van der Waals surface area contributed by atoms with Gasteiger partial charge in [-0.2, -0.15) is 0 Å². The zero-order chi connectivity index (χ0) is 13.2. The second kappa shape index (κ2) is 5.60. The van der Waals surface area contributed by atoms with Gasteiger partial charge in [-0.15, -0.1) is 0 Å². The van der Waals surface area contributed by atoms with Gasteiger partial charge in [0.15, 0.2) is 0 Å². The molecule has 0 bridgehead atoms. The molecule has 19 heavy (non-hydrogen) atoms. The van der Waals surface area contributed by atoms with E-state index in [9.17, 15) is 0 Å². The number of fused-ring (bicyclic) bond motifs is 1. The zero-order valence-electron chi connectivity index (χ0n) is 12.5. The molecule has 0 saturated carbocycles. The Morgan fingerprint density at radius 1 is 0.895 bits per heavy atom. The van der Waals surface area contributed by atoms with Gasteiger partial charge in [0.1, 0.15) is 0 Å². The van der Waals surface area contributed by atoms with Crippen molar-refractivity contribution in [1.82, 2.24) is 10.6 Å². The molecule has 1 fully saturated rings. The lowest BCUT2D eigenvalue weighted by Crippen LogP contribution is -2.22. The van der Waals surface area contributed by atoms with Crippen molar-refractivity contribution >= 4 is 0 Å². The van der Waals surface area contributed by atoms with Crippen LogP contribution in [0.1, 0.15) is 52.4 Å². The van der Waals surface area contributed by atoms with E-state index in [1.807, 2.05) is 0 Å². The zero-order valence-corrected chi connectivity index (χ0v) is 12.5. The van der Waals surface area contributed by atoms with Crippen LogP contribution in [-0.2, 0) is 0 Å². The molecule has 2 aliphatic heterocycles. The van der Waals surface area contributed by atoms with Crippen molar-refractivity contribution in [1.29, 1.82) is 0 Å². The average Bonchev–Trinajstić information content (AvgIpc) is 2.74. The van der Waals surface area contributed by atoms with E-state index in [1.165, 1.54) is 49.9 Å². The van der Waals surface area contributed by atoms with Gasteiger partial charge < -0.3 is 10.6 Å². The summed E-state index contributed by atoms with van der Waals surface area (Å²) in [5, 5.41) is 7.43. The summed E-state index contributed by atoms with van der Waals surface area (Å²) in [6, 6.07) is 0. The molecule has 2 nitrogen and oxygen atoms in total. The molecule has 1 saturated heterocycles. The summed E-state index contributed by atoms with van der Waals surface area (Å²) < 4.78 is 0. The fourth-order valence-corrected chi connectivity index (χ4v) is 3.63. The molecular formula is C17H28N2. The molecule has 0 aromatic rings. The molecule has 2 heterocycles. The van der Waals surface area contributed by atoms with Gasteiger partial charge in [-0.1, -0.05) is 13.8 Å². The fraction of sp³-hybridized carbons (Fsp3) is 0.765. The van der Waals surface area contributed by atoms with Crippen molar-refractivity contribution in [3.8, 4) is 0 Å². The highest BCUT2D eigenvalue weighted by Gasteiger charge is 2.25. The van der Waals surface area contributed by atoms with Gasteiger partial charge in [0.05, 0.1) is 0 Å². The van der Waals surface area contributed by atoms with Gasteiger partial charge in [-0.05, 0) is 67.9 Å². The first-order chi connectivity index (χ1) is 9.22. The van der Waals surface area contributed by atoms with E-state index in [1.54, 1.807) is 5.57 Å². The van der Waals surface area contributed by atoms with Crippen molar-refractivity contribution in [3.63, 3.8) is 0 Å². The van der Waals surface area contributed by atoms with Crippen LogP contribution in [0.3, 0.4) is 0 Å². The predicted molar refractivity (Wildman–Crippen MR) is 80.6 cm³/mol. The lowest BCUT2D eigenvalue weighted by molar-refractivity contribution is 0.466. The Bertz CT molecular complexity index is 394. The van der Waals surface area contributed by atoms with Crippen LogP contribution in [0.4, 0.5) is 0 Å². The molecule has 0 aromatic carbocycles. The average molecular weight is 260 g/mol. The summed E-state index contributed by atoms with van der Waals surface area (Å²) in [4.78, 5) is 0. The highest BCUT2D eigenvalue weighted by Crippen LogP contribution is 2.34. The van der Waals surface area contributed by atoms with Crippen molar-refractivity contribution < 1.29 is 0 Å². The van der Waals surface area contributed by atoms with E-state index in [0.717, 1.165) is 30.8 Å². The van der Waals surface area contributed by atoms with Crippen LogP contribution in [-0.4, -0.2) is 13.1 Å². The van der Waals surface area contributed by atoms with Crippen molar-refractivity contribution in [3.05, 3.63) is 23.0 Å². The molecule has 3 rings (SSSR count). The Kier molecular flexibility index (Phi) is 3.86. The lowest BCUT2D eigenvalue weighted by Gasteiger charge is -2.17. The van der Waals surface area contributed by atoms with E-state index >= 15 is 0 Å². The summed E-state index contributed by atoms with van der Waals surface area (Å²) in [6.45, 7) is 7.03. The molecule has 106 valence electrons. The Morgan fingerprint density at radius 3 is 2.53 bits per heavy atom. The maximum atomic E-state index is 3.72. The Balaban J connectivity index is 1.82. The van der Waals surface area contributed by atoms with Crippen LogP contribution in [0, 0.1) is 17.8 Å². The molecule has 0 aromatic heterocycles. The molecule has 3 atom stereocenters. The minimum atomic E-state index is 0.774. The SMILES string of the molecule is CC1CCC2CCC3=C(C=C2NC1)NCC(C)CC3. The molecule has 3 unspecified atom stereocenters. The van der Waals surface area contributed by atoms with E-state index in [2.05, 4.69) is 30.6 Å². The highest BCUT2D eigenvalue weighted by atomic mass is 14.9. The topological polar surface area (TPSA) is 24.1 Å². The first kappa shape index (κ1) is 13.1. The largest absolute Gasteiger partial charge is 0.388 e. The Hall–Kier alpha value is -0.920. The Morgan fingerprint density at radius 2 is 1.63 bits per heavy atom. The first-order valence-electron chi connectivity index (χ1n) is 8.13. The lowest BCUT2D eigenvalue weighted by atomic mass is 9.91. The van der Waals surface area contributed by atoms with Gasteiger partial charge in [0, 0.05) is 24.5 Å². The number of nitrogens with one attached hydrogen (secondary N) is 2. The predicted octanol–water partition coefficient (Wildman–Crippen LogP) is 3.57. The maximum absolute atomic E-state index is 3.72. The summed E-state index contributed by atoms with van der Waals surface area (Å²) >= 11 is 0.